The standard InChI is InChI=1S/C15H17FN2/c1-2-17-11-14-10-15(16)4-3-13(14)9-12-5-7-18-8-6-12/h3-8,10,17H,2,9,11H2,1H3. The van der Waals surface area contributed by atoms with Crippen molar-refractivity contribution in [1.82, 2.24) is 10.3 Å². The Morgan fingerprint density at radius 3 is 2.61 bits per heavy atom. The number of hydrogen-bond donors (Lipinski definition) is 1. The van der Waals surface area contributed by atoms with Gasteiger partial charge in [-0.3, -0.25) is 4.98 Å². The molecule has 0 saturated carbocycles. The van der Waals surface area contributed by atoms with E-state index in [4.69, 9.17) is 0 Å². The average Bonchev–Trinajstić information content (AvgIpc) is 2.40. The van der Waals surface area contributed by atoms with Gasteiger partial charge in [0, 0.05) is 18.9 Å². The molecule has 18 heavy (non-hydrogen) atoms. The van der Waals surface area contributed by atoms with E-state index in [-0.39, 0.29) is 5.82 Å². The smallest absolute Gasteiger partial charge is 0.123 e. The van der Waals surface area contributed by atoms with Crippen molar-refractivity contribution in [3.05, 3.63) is 65.2 Å². The lowest BCUT2D eigenvalue weighted by Crippen LogP contribution is -2.13. The molecule has 3 heteroatoms. The van der Waals surface area contributed by atoms with Crippen LogP contribution in [-0.2, 0) is 13.0 Å². The van der Waals surface area contributed by atoms with E-state index in [1.807, 2.05) is 25.1 Å². The van der Waals surface area contributed by atoms with Crippen molar-refractivity contribution in [1.29, 1.82) is 0 Å². The van der Waals surface area contributed by atoms with Gasteiger partial charge >= 0.3 is 0 Å². The molecule has 1 aromatic carbocycles. The summed E-state index contributed by atoms with van der Waals surface area (Å²) in [6, 6.07) is 8.97. The van der Waals surface area contributed by atoms with Gasteiger partial charge in [0.1, 0.15) is 5.82 Å². The van der Waals surface area contributed by atoms with E-state index < -0.39 is 0 Å². The third-order valence-corrected chi connectivity index (χ3v) is 2.88. The molecule has 0 spiro atoms. The molecule has 0 bridgehead atoms. The summed E-state index contributed by atoms with van der Waals surface area (Å²) in [6.07, 6.45) is 4.37. The molecule has 1 N–H and O–H groups in total. The first-order valence-corrected chi connectivity index (χ1v) is 6.16. The van der Waals surface area contributed by atoms with Gasteiger partial charge in [-0.15, -0.1) is 0 Å². The number of benzene rings is 1. The lowest BCUT2D eigenvalue weighted by Gasteiger charge is -2.10. The molecule has 0 fully saturated rings. The number of pyridine rings is 1. The Hall–Kier alpha value is -1.74. The van der Waals surface area contributed by atoms with Crippen molar-refractivity contribution in [2.75, 3.05) is 6.54 Å². The van der Waals surface area contributed by atoms with Gasteiger partial charge in [0.15, 0.2) is 0 Å². The molecular formula is C15H17FN2. The zero-order valence-electron chi connectivity index (χ0n) is 10.5. The minimum Gasteiger partial charge on any atom is -0.313 e. The molecule has 94 valence electrons. The monoisotopic (exact) mass is 244 g/mol. The van der Waals surface area contributed by atoms with Gasteiger partial charge in [-0.2, -0.15) is 0 Å². The number of halogens is 1. The summed E-state index contributed by atoms with van der Waals surface area (Å²) in [4.78, 5) is 4.00. The van der Waals surface area contributed by atoms with Gasteiger partial charge in [-0.25, -0.2) is 4.39 Å². The predicted molar refractivity (Wildman–Crippen MR) is 70.8 cm³/mol. The van der Waals surface area contributed by atoms with Gasteiger partial charge in [0.25, 0.3) is 0 Å². The fraction of sp³-hybridized carbons (Fsp3) is 0.267. The molecule has 0 saturated heterocycles. The van der Waals surface area contributed by atoms with Crippen LogP contribution >= 0.6 is 0 Å². The fourth-order valence-corrected chi connectivity index (χ4v) is 1.91. The summed E-state index contributed by atoms with van der Waals surface area (Å²) >= 11 is 0. The highest BCUT2D eigenvalue weighted by molar-refractivity contribution is 5.32. The minimum atomic E-state index is -0.179. The summed E-state index contributed by atoms with van der Waals surface area (Å²) in [7, 11) is 0. The van der Waals surface area contributed by atoms with Crippen molar-refractivity contribution in [3.63, 3.8) is 0 Å². The van der Waals surface area contributed by atoms with Crippen LogP contribution in [0.1, 0.15) is 23.6 Å². The summed E-state index contributed by atoms with van der Waals surface area (Å²) in [5.74, 6) is -0.179. The van der Waals surface area contributed by atoms with E-state index in [0.717, 1.165) is 24.1 Å². The third kappa shape index (κ3) is 3.37. The SMILES string of the molecule is CCNCc1cc(F)ccc1Cc1ccncc1. The highest BCUT2D eigenvalue weighted by Crippen LogP contribution is 2.15. The van der Waals surface area contributed by atoms with Crippen LogP contribution in [-0.4, -0.2) is 11.5 Å². The predicted octanol–water partition coefficient (Wildman–Crippen LogP) is 2.92. The van der Waals surface area contributed by atoms with E-state index in [0.29, 0.717) is 6.54 Å². The van der Waals surface area contributed by atoms with Crippen molar-refractivity contribution in [3.8, 4) is 0 Å². The molecular weight excluding hydrogens is 227 g/mol. The highest BCUT2D eigenvalue weighted by atomic mass is 19.1. The van der Waals surface area contributed by atoms with E-state index >= 15 is 0 Å². The quantitative estimate of drug-likeness (QED) is 0.874. The number of nitrogens with zero attached hydrogens (tertiary/aromatic N) is 1. The first-order chi connectivity index (χ1) is 8.79. The lowest BCUT2D eigenvalue weighted by atomic mass is 10.00. The second-order valence-electron chi connectivity index (χ2n) is 4.23. The number of hydrogen-bond acceptors (Lipinski definition) is 2. The summed E-state index contributed by atoms with van der Waals surface area (Å²) < 4.78 is 13.3. The van der Waals surface area contributed by atoms with Gasteiger partial charge in [0.2, 0.25) is 0 Å². The van der Waals surface area contributed by atoms with Crippen LogP contribution in [0.3, 0.4) is 0 Å². The lowest BCUT2D eigenvalue weighted by molar-refractivity contribution is 0.620. The molecule has 1 aromatic heterocycles. The first-order valence-electron chi connectivity index (χ1n) is 6.16. The molecule has 1 heterocycles. The Balaban J connectivity index is 2.21. The third-order valence-electron chi connectivity index (χ3n) is 2.88. The van der Waals surface area contributed by atoms with Crippen LogP contribution in [0.5, 0.6) is 0 Å². The minimum absolute atomic E-state index is 0.179. The largest absolute Gasteiger partial charge is 0.313 e. The first kappa shape index (κ1) is 12.7. The van der Waals surface area contributed by atoms with E-state index in [2.05, 4.69) is 10.3 Å². The fourth-order valence-electron chi connectivity index (χ4n) is 1.91. The molecule has 2 nitrogen and oxygen atoms in total. The van der Waals surface area contributed by atoms with Gasteiger partial charge in [-0.1, -0.05) is 13.0 Å². The maximum absolute atomic E-state index is 13.3. The zero-order chi connectivity index (χ0) is 12.8. The zero-order valence-corrected chi connectivity index (χ0v) is 10.5. The van der Waals surface area contributed by atoms with Crippen LogP contribution in [0.25, 0.3) is 0 Å². The Kier molecular flexibility index (Phi) is 4.42. The van der Waals surface area contributed by atoms with Crippen LogP contribution < -0.4 is 5.32 Å². The topological polar surface area (TPSA) is 24.9 Å². The maximum Gasteiger partial charge on any atom is 0.123 e. The van der Waals surface area contributed by atoms with Gasteiger partial charge in [0.05, 0.1) is 0 Å². The van der Waals surface area contributed by atoms with Crippen molar-refractivity contribution in [2.24, 2.45) is 0 Å². The van der Waals surface area contributed by atoms with Gasteiger partial charge in [-0.05, 0) is 53.9 Å². The Bertz CT molecular complexity index is 497. The van der Waals surface area contributed by atoms with Crippen molar-refractivity contribution < 1.29 is 4.39 Å². The van der Waals surface area contributed by atoms with Crippen molar-refractivity contribution >= 4 is 0 Å². The van der Waals surface area contributed by atoms with Crippen LogP contribution in [0, 0.1) is 5.82 Å². The van der Waals surface area contributed by atoms with Crippen LogP contribution in [0.4, 0.5) is 4.39 Å². The second kappa shape index (κ2) is 6.26. The molecule has 0 aliphatic heterocycles. The summed E-state index contributed by atoms with van der Waals surface area (Å²) in [5.41, 5.74) is 3.37. The van der Waals surface area contributed by atoms with Crippen LogP contribution in [0.2, 0.25) is 0 Å². The molecule has 2 aromatic rings. The molecule has 2 rings (SSSR count). The second-order valence-corrected chi connectivity index (χ2v) is 4.23. The molecule has 0 aliphatic rings. The molecule has 0 aliphatic carbocycles. The molecule has 0 unspecified atom stereocenters. The number of rotatable bonds is 5. The Morgan fingerprint density at radius 2 is 1.89 bits per heavy atom. The molecule has 0 atom stereocenters. The highest BCUT2D eigenvalue weighted by Gasteiger charge is 2.05. The summed E-state index contributed by atoms with van der Waals surface area (Å²) in [6.45, 7) is 3.63. The van der Waals surface area contributed by atoms with E-state index in [1.165, 1.54) is 11.6 Å². The Morgan fingerprint density at radius 1 is 1.11 bits per heavy atom. The molecule has 0 amide bonds. The van der Waals surface area contributed by atoms with Crippen LogP contribution in [0.15, 0.2) is 42.7 Å². The maximum atomic E-state index is 13.3. The Labute approximate surface area is 107 Å². The van der Waals surface area contributed by atoms with E-state index in [1.54, 1.807) is 18.5 Å². The summed E-state index contributed by atoms with van der Waals surface area (Å²) in [5, 5.41) is 3.24. The number of nitrogens with one attached hydrogen (secondary N) is 1. The number of aromatic nitrogens is 1. The normalized spacial score (nSPS) is 10.6. The van der Waals surface area contributed by atoms with Crippen molar-refractivity contribution in [2.45, 2.75) is 19.9 Å². The van der Waals surface area contributed by atoms with Gasteiger partial charge < -0.3 is 5.32 Å². The average molecular weight is 244 g/mol. The molecule has 0 radical (unpaired) electrons. The van der Waals surface area contributed by atoms with E-state index in [9.17, 15) is 4.39 Å².